The highest BCUT2D eigenvalue weighted by Gasteiger charge is 2.21. The van der Waals surface area contributed by atoms with Crippen molar-refractivity contribution in [3.05, 3.63) is 89.6 Å². The molecular weight excluding hydrogens is 414 g/mol. The van der Waals surface area contributed by atoms with E-state index in [1.807, 2.05) is 47.4 Å². The van der Waals surface area contributed by atoms with E-state index in [0.717, 1.165) is 12.0 Å². The van der Waals surface area contributed by atoms with Gasteiger partial charge in [0.25, 0.3) is 0 Å². The Morgan fingerprint density at radius 3 is 2.21 bits per heavy atom. The number of rotatable bonds is 9. The summed E-state index contributed by atoms with van der Waals surface area (Å²) in [5.74, 6) is 0.612. The molecule has 0 spiro atoms. The number of pyridine rings is 1. The normalized spacial score (nSPS) is 11.1. The number of carbonyl (C=O) groups is 2. The molecule has 0 radical (unpaired) electrons. The van der Waals surface area contributed by atoms with E-state index < -0.39 is 5.91 Å². The minimum Gasteiger partial charge on any atom is -0.439 e. The summed E-state index contributed by atoms with van der Waals surface area (Å²) < 4.78 is 5.75. The molecule has 2 N–H and O–H groups in total. The molecule has 0 aliphatic rings. The number of carbonyl (C=O) groups excluding carboxylic acids is 2. The van der Waals surface area contributed by atoms with Crippen LogP contribution in [-0.2, 0) is 17.8 Å². The fourth-order valence-electron chi connectivity index (χ4n) is 3.36. The third kappa shape index (κ3) is 7.75. The molecule has 0 saturated heterocycles. The number of nitrogens with zero attached hydrogens (tertiary/aromatic N) is 2. The van der Waals surface area contributed by atoms with Gasteiger partial charge in [0.05, 0.1) is 5.56 Å². The van der Waals surface area contributed by atoms with E-state index in [9.17, 15) is 9.59 Å². The molecule has 0 fully saturated rings. The van der Waals surface area contributed by atoms with Crippen LogP contribution >= 0.6 is 0 Å². The molecule has 1 aromatic heterocycles. The van der Waals surface area contributed by atoms with Crippen LogP contribution in [0.4, 0.5) is 0 Å². The minimum atomic E-state index is -0.531. The van der Waals surface area contributed by atoms with Crippen molar-refractivity contribution in [3.63, 3.8) is 0 Å². The Labute approximate surface area is 195 Å². The Morgan fingerprint density at radius 2 is 1.64 bits per heavy atom. The maximum atomic E-state index is 13.0. The first-order valence-corrected chi connectivity index (χ1v) is 11.0. The lowest BCUT2D eigenvalue weighted by Gasteiger charge is -2.27. The number of ether oxygens (including phenoxy) is 1. The van der Waals surface area contributed by atoms with E-state index in [1.165, 1.54) is 11.8 Å². The molecule has 6 nitrogen and oxygen atoms in total. The second-order valence-corrected chi connectivity index (χ2v) is 9.28. The molecule has 0 aliphatic heterocycles. The van der Waals surface area contributed by atoms with Crippen molar-refractivity contribution in [1.82, 2.24) is 9.88 Å². The van der Waals surface area contributed by atoms with Gasteiger partial charge in [-0.15, -0.1) is 0 Å². The molecule has 2 aromatic carbocycles. The largest absolute Gasteiger partial charge is 0.439 e. The van der Waals surface area contributed by atoms with Gasteiger partial charge < -0.3 is 15.4 Å². The zero-order valence-electron chi connectivity index (χ0n) is 19.5. The Bertz CT molecular complexity index is 1060. The van der Waals surface area contributed by atoms with Crippen LogP contribution in [0, 0.1) is 5.41 Å². The van der Waals surface area contributed by atoms with Gasteiger partial charge in [-0.3, -0.25) is 9.59 Å². The van der Waals surface area contributed by atoms with E-state index in [-0.39, 0.29) is 11.3 Å². The van der Waals surface area contributed by atoms with E-state index >= 15 is 0 Å². The van der Waals surface area contributed by atoms with Gasteiger partial charge in [0.15, 0.2) is 0 Å². The Morgan fingerprint density at radius 1 is 0.939 bits per heavy atom. The van der Waals surface area contributed by atoms with Crippen molar-refractivity contribution in [1.29, 1.82) is 0 Å². The first-order chi connectivity index (χ1) is 15.7. The van der Waals surface area contributed by atoms with Crippen LogP contribution in [0.5, 0.6) is 11.6 Å². The molecular formula is C27H31N3O3. The molecule has 0 bridgehead atoms. The summed E-state index contributed by atoms with van der Waals surface area (Å²) in [6.07, 6.45) is 2.69. The summed E-state index contributed by atoms with van der Waals surface area (Å²) in [7, 11) is 0. The van der Waals surface area contributed by atoms with Crippen LogP contribution in [0.25, 0.3) is 0 Å². The molecule has 33 heavy (non-hydrogen) atoms. The van der Waals surface area contributed by atoms with Crippen molar-refractivity contribution < 1.29 is 14.3 Å². The van der Waals surface area contributed by atoms with Crippen LogP contribution in [0.2, 0.25) is 0 Å². The monoisotopic (exact) mass is 445 g/mol. The summed E-state index contributed by atoms with van der Waals surface area (Å²) in [4.78, 5) is 30.2. The zero-order valence-corrected chi connectivity index (χ0v) is 19.5. The predicted octanol–water partition coefficient (Wildman–Crippen LogP) is 4.98. The number of primary amides is 1. The second-order valence-electron chi connectivity index (χ2n) is 9.28. The number of amides is 2. The number of aromatic nitrogens is 1. The molecule has 3 aromatic rings. The standard InChI is InChI=1S/C27H31N3O3/c1-27(2,3)17-25(31)30(16-15-20-7-5-4-6-8-20)19-21-9-12-23(13-10-21)33-24-14-11-22(18-29-24)26(28)32/h4-14,18H,15-17,19H2,1-3H3,(H2,28,32). The highest BCUT2D eigenvalue weighted by Crippen LogP contribution is 2.23. The summed E-state index contributed by atoms with van der Waals surface area (Å²) in [6.45, 7) is 7.43. The maximum Gasteiger partial charge on any atom is 0.250 e. The molecule has 0 atom stereocenters. The molecule has 3 rings (SSSR count). The summed E-state index contributed by atoms with van der Waals surface area (Å²) >= 11 is 0. The topological polar surface area (TPSA) is 85.5 Å². The molecule has 6 heteroatoms. The Balaban J connectivity index is 1.66. The van der Waals surface area contributed by atoms with E-state index in [4.69, 9.17) is 10.5 Å². The summed E-state index contributed by atoms with van der Waals surface area (Å²) in [5, 5.41) is 0. The van der Waals surface area contributed by atoms with E-state index in [0.29, 0.717) is 36.7 Å². The van der Waals surface area contributed by atoms with E-state index in [1.54, 1.807) is 12.1 Å². The average Bonchev–Trinajstić information content (AvgIpc) is 2.77. The predicted molar refractivity (Wildman–Crippen MR) is 129 cm³/mol. The number of benzene rings is 2. The Kier molecular flexibility index (Phi) is 7.83. The molecule has 0 aliphatic carbocycles. The van der Waals surface area contributed by atoms with Crippen molar-refractivity contribution >= 4 is 11.8 Å². The smallest absolute Gasteiger partial charge is 0.250 e. The van der Waals surface area contributed by atoms with Crippen molar-refractivity contribution in [2.24, 2.45) is 11.1 Å². The van der Waals surface area contributed by atoms with Crippen molar-refractivity contribution in [3.8, 4) is 11.6 Å². The van der Waals surface area contributed by atoms with Gasteiger partial charge in [-0.1, -0.05) is 63.2 Å². The van der Waals surface area contributed by atoms with Crippen LogP contribution in [0.15, 0.2) is 72.9 Å². The van der Waals surface area contributed by atoms with Gasteiger partial charge in [0, 0.05) is 31.8 Å². The number of nitrogens with two attached hydrogens (primary N) is 1. The first kappa shape index (κ1) is 24.0. The third-order valence-corrected chi connectivity index (χ3v) is 5.09. The lowest BCUT2D eigenvalue weighted by molar-refractivity contribution is -0.133. The van der Waals surface area contributed by atoms with Gasteiger partial charge in [-0.25, -0.2) is 4.98 Å². The lowest BCUT2D eigenvalue weighted by Crippen LogP contribution is -2.34. The number of hydrogen-bond donors (Lipinski definition) is 1. The Hall–Kier alpha value is -3.67. The second kappa shape index (κ2) is 10.8. The van der Waals surface area contributed by atoms with Gasteiger partial charge in [-0.2, -0.15) is 0 Å². The molecule has 1 heterocycles. The van der Waals surface area contributed by atoms with Crippen LogP contribution in [-0.4, -0.2) is 28.2 Å². The van der Waals surface area contributed by atoms with Gasteiger partial charge in [0.1, 0.15) is 5.75 Å². The SMILES string of the molecule is CC(C)(C)CC(=O)N(CCc1ccccc1)Cc1ccc(Oc2ccc(C(N)=O)cn2)cc1. The minimum absolute atomic E-state index is 0.0726. The summed E-state index contributed by atoms with van der Waals surface area (Å²) in [5.41, 5.74) is 7.72. The quantitative estimate of drug-likeness (QED) is 0.503. The third-order valence-electron chi connectivity index (χ3n) is 5.09. The lowest BCUT2D eigenvalue weighted by atomic mass is 9.91. The van der Waals surface area contributed by atoms with Crippen LogP contribution in [0.1, 0.15) is 48.7 Å². The fraction of sp³-hybridized carbons (Fsp3) is 0.296. The molecule has 172 valence electrons. The average molecular weight is 446 g/mol. The van der Waals surface area contributed by atoms with E-state index in [2.05, 4.69) is 37.9 Å². The van der Waals surface area contributed by atoms with Crippen molar-refractivity contribution in [2.75, 3.05) is 6.54 Å². The molecule has 0 saturated carbocycles. The van der Waals surface area contributed by atoms with Gasteiger partial charge >= 0.3 is 0 Å². The maximum absolute atomic E-state index is 13.0. The van der Waals surface area contributed by atoms with Gasteiger partial charge in [-0.05, 0) is 41.2 Å². The highest BCUT2D eigenvalue weighted by molar-refractivity contribution is 5.92. The van der Waals surface area contributed by atoms with Gasteiger partial charge in [0.2, 0.25) is 17.7 Å². The summed E-state index contributed by atoms with van der Waals surface area (Å²) in [6, 6.07) is 21.0. The number of hydrogen-bond acceptors (Lipinski definition) is 4. The molecule has 0 unspecified atom stereocenters. The van der Waals surface area contributed by atoms with Crippen LogP contribution in [0.3, 0.4) is 0 Å². The first-order valence-electron chi connectivity index (χ1n) is 11.0. The van der Waals surface area contributed by atoms with Crippen LogP contribution < -0.4 is 10.5 Å². The zero-order chi connectivity index (χ0) is 23.8. The fourth-order valence-corrected chi connectivity index (χ4v) is 3.36. The molecule has 2 amide bonds. The van der Waals surface area contributed by atoms with Crippen molar-refractivity contribution in [2.45, 2.75) is 40.2 Å². The highest BCUT2D eigenvalue weighted by atomic mass is 16.5.